The van der Waals surface area contributed by atoms with E-state index < -0.39 is 10.0 Å². The molecule has 0 saturated heterocycles. The second kappa shape index (κ2) is 10.3. The van der Waals surface area contributed by atoms with Crippen molar-refractivity contribution in [3.8, 4) is 5.75 Å². The van der Waals surface area contributed by atoms with Gasteiger partial charge in [0, 0.05) is 12.6 Å². The van der Waals surface area contributed by atoms with Crippen LogP contribution in [-0.2, 0) is 16.4 Å². The third-order valence-corrected chi connectivity index (χ3v) is 7.04. The van der Waals surface area contributed by atoms with E-state index in [1.54, 1.807) is 24.3 Å². The quantitative estimate of drug-likeness (QED) is 0.533. The highest BCUT2D eigenvalue weighted by atomic mass is 32.2. The van der Waals surface area contributed by atoms with Gasteiger partial charge in [-0.3, -0.25) is 0 Å². The minimum absolute atomic E-state index is 0.00472. The van der Waals surface area contributed by atoms with Gasteiger partial charge >= 0.3 is 0 Å². The molecule has 0 amide bonds. The van der Waals surface area contributed by atoms with Crippen LogP contribution in [0.4, 0.5) is 4.39 Å². The number of halogens is 1. The molecule has 3 rings (SSSR count). The molecule has 6 nitrogen and oxygen atoms in total. The fourth-order valence-electron chi connectivity index (χ4n) is 3.93. The van der Waals surface area contributed by atoms with Crippen molar-refractivity contribution >= 4 is 10.0 Å². The van der Waals surface area contributed by atoms with E-state index >= 15 is 0 Å². The monoisotopic (exact) mass is 436 g/mol. The molecule has 1 aliphatic carbocycles. The van der Waals surface area contributed by atoms with E-state index in [4.69, 9.17) is 9.84 Å². The van der Waals surface area contributed by atoms with E-state index in [0.717, 1.165) is 43.4 Å². The summed E-state index contributed by atoms with van der Waals surface area (Å²) >= 11 is 0. The first-order valence-electron chi connectivity index (χ1n) is 10.2. The predicted octanol–water partition coefficient (Wildman–Crippen LogP) is 2.57. The molecule has 1 fully saturated rings. The summed E-state index contributed by atoms with van der Waals surface area (Å²) in [5, 5.41) is 12.4. The molecule has 0 radical (unpaired) electrons. The van der Waals surface area contributed by atoms with Crippen LogP contribution in [0.15, 0.2) is 47.4 Å². The van der Waals surface area contributed by atoms with Crippen molar-refractivity contribution in [2.75, 3.05) is 26.8 Å². The van der Waals surface area contributed by atoms with E-state index in [9.17, 15) is 12.8 Å². The van der Waals surface area contributed by atoms with Crippen LogP contribution >= 0.6 is 0 Å². The standard InChI is InChI=1S/C22H29FN2O4S/c1-29-22-14-16(2-9-21(22)23)10-11-24-19-6-3-18(15-19)17-4-7-20(8-5-17)30(27,28)25-12-13-26/h2,4-5,7-9,14,18-19,24-26H,3,6,10-13,15H2,1H3/t18-,19+/m1/s1. The number of hydrogen-bond donors (Lipinski definition) is 3. The first kappa shape index (κ1) is 22.7. The Morgan fingerprint density at radius 3 is 2.60 bits per heavy atom. The van der Waals surface area contributed by atoms with Gasteiger partial charge in [0.25, 0.3) is 0 Å². The molecule has 0 spiro atoms. The Morgan fingerprint density at radius 1 is 1.13 bits per heavy atom. The van der Waals surface area contributed by atoms with Gasteiger partial charge in [-0.05, 0) is 73.5 Å². The van der Waals surface area contributed by atoms with Crippen LogP contribution in [0.3, 0.4) is 0 Å². The molecule has 8 heteroatoms. The van der Waals surface area contributed by atoms with Crippen LogP contribution < -0.4 is 14.8 Å². The zero-order valence-corrected chi connectivity index (χ0v) is 17.9. The SMILES string of the molecule is COc1cc(CCN[C@H]2CC[C@@H](c3ccc(S(=O)(=O)NCCO)cc3)C2)ccc1F. The van der Waals surface area contributed by atoms with Gasteiger partial charge < -0.3 is 15.2 Å². The highest BCUT2D eigenvalue weighted by molar-refractivity contribution is 7.89. The second-order valence-electron chi connectivity index (χ2n) is 7.57. The number of hydrogen-bond acceptors (Lipinski definition) is 5. The average Bonchev–Trinajstić information content (AvgIpc) is 3.22. The lowest BCUT2D eigenvalue weighted by Gasteiger charge is -2.14. The van der Waals surface area contributed by atoms with E-state index in [1.165, 1.54) is 13.2 Å². The van der Waals surface area contributed by atoms with Gasteiger partial charge in [-0.2, -0.15) is 0 Å². The van der Waals surface area contributed by atoms with Crippen LogP contribution in [0, 0.1) is 5.82 Å². The number of rotatable bonds is 10. The van der Waals surface area contributed by atoms with Crippen molar-refractivity contribution in [2.24, 2.45) is 0 Å². The number of aliphatic hydroxyl groups is 1. The van der Waals surface area contributed by atoms with Crippen LogP contribution in [0.2, 0.25) is 0 Å². The largest absolute Gasteiger partial charge is 0.494 e. The summed E-state index contributed by atoms with van der Waals surface area (Å²) in [4.78, 5) is 0.210. The number of nitrogens with one attached hydrogen (secondary N) is 2. The topological polar surface area (TPSA) is 87.7 Å². The van der Waals surface area contributed by atoms with Crippen molar-refractivity contribution in [3.05, 3.63) is 59.4 Å². The molecule has 2 atom stereocenters. The van der Waals surface area contributed by atoms with Gasteiger partial charge in [0.1, 0.15) is 0 Å². The molecule has 0 aliphatic heterocycles. The number of benzene rings is 2. The fourth-order valence-corrected chi connectivity index (χ4v) is 4.95. The lowest BCUT2D eigenvalue weighted by atomic mass is 9.97. The Hall–Kier alpha value is -2.00. The van der Waals surface area contributed by atoms with Gasteiger partial charge in [-0.1, -0.05) is 18.2 Å². The van der Waals surface area contributed by atoms with E-state index in [1.807, 2.05) is 12.1 Å². The van der Waals surface area contributed by atoms with E-state index in [-0.39, 0.29) is 29.6 Å². The predicted molar refractivity (Wildman–Crippen MR) is 114 cm³/mol. The summed E-state index contributed by atoms with van der Waals surface area (Å²) in [6, 6.07) is 12.4. The van der Waals surface area contributed by atoms with E-state index in [2.05, 4.69) is 10.0 Å². The lowest BCUT2D eigenvalue weighted by molar-refractivity contribution is 0.301. The molecule has 0 heterocycles. The third-order valence-electron chi connectivity index (χ3n) is 5.56. The normalized spacial score (nSPS) is 19.2. The first-order chi connectivity index (χ1) is 14.4. The molecular formula is C22H29FN2O4S. The zero-order chi connectivity index (χ0) is 21.6. The molecule has 1 aliphatic rings. The molecule has 3 N–H and O–H groups in total. The summed E-state index contributed by atoms with van der Waals surface area (Å²) in [5.41, 5.74) is 2.17. The molecule has 0 unspecified atom stereocenters. The minimum atomic E-state index is -3.57. The highest BCUT2D eigenvalue weighted by Gasteiger charge is 2.26. The Labute approximate surface area is 177 Å². The van der Waals surface area contributed by atoms with Crippen LogP contribution in [-0.4, -0.2) is 46.4 Å². The van der Waals surface area contributed by atoms with Gasteiger partial charge in [-0.25, -0.2) is 17.5 Å². The number of methoxy groups -OCH3 is 1. The van der Waals surface area contributed by atoms with Crippen molar-refractivity contribution in [1.82, 2.24) is 10.0 Å². The van der Waals surface area contributed by atoms with Crippen molar-refractivity contribution in [2.45, 2.75) is 42.5 Å². The Bertz CT molecular complexity index is 935. The smallest absolute Gasteiger partial charge is 0.240 e. The number of sulfonamides is 1. The number of aliphatic hydroxyl groups excluding tert-OH is 1. The van der Waals surface area contributed by atoms with Crippen LogP contribution in [0.25, 0.3) is 0 Å². The average molecular weight is 437 g/mol. The van der Waals surface area contributed by atoms with Crippen LogP contribution in [0.5, 0.6) is 5.75 Å². The molecule has 2 aromatic rings. The van der Waals surface area contributed by atoms with Gasteiger partial charge in [0.05, 0.1) is 18.6 Å². The maximum absolute atomic E-state index is 13.5. The Morgan fingerprint density at radius 2 is 1.90 bits per heavy atom. The van der Waals surface area contributed by atoms with Gasteiger partial charge in [-0.15, -0.1) is 0 Å². The Kier molecular flexibility index (Phi) is 7.82. The van der Waals surface area contributed by atoms with Crippen LogP contribution in [0.1, 0.15) is 36.3 Å². The summed E-state index contributed by atoms with van der Waals surface area (Å²) in [6.45, 7) is 0.577. The molecular weight excluding hydrogens is 407 g/mol. The maximum atomic E-state index is 13.5. The van der Waals surface area contributed by atoms with Crippen molar-refractivity contribution < 1.29 is 22.7 Å². The zero-order valence-electron chi connectivity index (χ0n) is 17.1. The molecule has 1 saturated carbocycles. The maximum Gasteiger partial charge on any atom is 0.240 e. The Balaban J connectivity index is 1.49. The van der Waals surface area contributed by atoms with Crippen molar-refractivity contribution in [3.63, 3.8) is 0 Å². The summed E-state index contributed by atoms with van der Waals surface area (Å²) in [5.74, 6) is 0.317. The summed E-state index contributed by atoms with van der Waals surface area (Å²) < 4.78 is 45.1. The summed E-state index contributed by atoms with van der Waals surface area (Å²) in [7, 11) is -2.11. The van der Waals surface area contributed by atoms with Gasteiger partial charge in [0.2, 0.25) is 10.0 Å². The molecule has 0 aromatic heterocycles. The van der Waals surface area contributed by atoms with Gasteiger partial charge in [0.15, 0.2) is 11.6 Å². The first-order valence-corrected chi connectivity index (χ1v) is 11.7. The molecule has 0 bridgehead atoms. The third kappa shape index (κ3) is 5.78. The summed E-state index contributed by atoms with van der Waals surface area (Å²) in [6.07, 6.45) is 3.92. The lowest BCUT2D eigenvalue weighted by Crippen LogP contribution is -2.28. The second-order valence-corrected chi connectivity index (χ2v) is 9.34. The fraction of sp³-hybridized carbons (Fsp3) is 0.455. The minimum Gasteiger partial charge on any atom is -0.494 e. The van der Waals surface area contributed by atoms with Crippen molar-refractivity contribution in [1.29, 1.82) is 0 Å². The molecule has 164 valence electrons. The van der Waals surface area contributed by atoms with E-state index in [0.29, 0.717) is 12.0 Å². The molecule has 30 heavy (non-hydrogen) atoms. The molecule has 2 aromatic carbocycles. The highest BCUT2D eigenvalue weighted by Crippen LogP contribution is 2.34. The number of ether oxygens (including phenoxy) is 1.